The van der Waals surface area contributed by atoms with Crippen molar-refractivity contribution in [2.45, 2.75) is 104 Å². The highest BCUT2D eigenvalue weighted by atomic mass is 16.4. The fourth-order valence-electron chi connectivity index (χ4n) is 9.81. The van der Waals surface area contributed by atoms with Gasteiger partial charge in [0, 0.05) is 6.42 Å². The van der Waals surface area contributed by atoms with Gasteiger partial charge in [0.2, 0.25) is 0 Å². The molecule has 0 spiro atoms. The molecule has 4 fully saturated rings. The molecule has 7 atom stereocenters. The van der Waals surface area contributed by atoms with Gasteiger partial charge in [0.15, 0.2) is 5.89 Å². The average Bonchev–Trinajstić information content (AvgIpc) is 3.15. The Labute approximate surface area is 205 Å². The van der Waals surface area contributed by atoms with Crippen LogP contribution in [0.4, 0.5) is 0 Å². The normalized spacial score (nSPS) is 39.4. The van der Waals surface area contributed by atoms with Gasteiger partial charge >= 0.3 is 5.63 Å². The first-order chi connectivity index (χ1) is 16.4. The maximum absolute atomic E-state index is 12.5. The maximum Gasteiger partial charge on any atom is 0.347 e. The number of hydrogen-bond donors (Lipinski definition) is 0. The van der Waals surface area contributed by atoms with E-state index in [9.17, 15) is 4.79 Å². The monoisotopic (exact) mass is 461 g/mol. The van der Waals surface area contributed by atoms with Crippen LogP contribution in [-0.4, -0.2) is 4.98 Å². The minimum atomic E-state index is -0.226. The largest absolute Gasteiger partial charge is 0.408 e. The molecule has 0 saturated heterocycles. The van der Waals surface area contributed by atoms with Gasteiger partial charge in [-0.3, -0.25) is 0 Å². The number of aromatic nitrogens is 1. The SMILES string of the molecule is Cc1cccc2nc(CCCC3CCC4C5CCC6CCCCC6(C)C5CCC34C)oc(=O)c12. The van der Waals surface area contributed by atoms with Crippen LogP contribution in [0.3, 0.4) is 0 Å². The smallest absolute Gasteiger partial charge is 0.347 e. The van der Waals surface area contributed by atoms with E-state index in [1.54, 1.807) is 0 Å². The van der Waals surface area contributed by atoms with E-state index in [0.717, 1.165) is 53.5 Å². The van der Waals surface area contributed by atoms with Crippen LogP contribution in [-0.2, 0) is 6.42 Å². The van der Waals surface area contributed by atoms with Gasteiger partial charge in [0.25, 0.3) is 0 Å². The Hall–Kier alpha value is -1.64. The van der Waals surface area contributed by atoms with Crippen molar-refractivity contribution >= 4 is 10.9 Å². The lowest BCUT2D eigenvalue weighted by Gasteiger charge is -2.60. The Balaban J connectivity index is 1.13. The van der Waals surface area contributed by atoms with Gasteiger partial charge in [-0.2, -0.15) is 0 Å². The van der Waals surface area contributed by atoms with Crippen molar-refractivity contribution in [3.8, 4) is 0 Å². The zero-order valence-electron chi connectivity index (χ0n) is 21.6. The predicted molar refractivity (Wildman–Crippen MR) is 138 cm³/mol. The molecule has 4 aliphatic rings. The first kappa shape index (κ1) is 22.8. The first-order valence-corrected chi connectivity index (χ1v) is 14.3. The van der Waals surface area contributed by atoms with Crippen LogP contribution in [0.2, 0.25) is 0 Å². The fraction of sp³-hybridized carbons (Fsp3) is 0.742. The van der Waals surface area contributed by atoms with Gasteiger partial charge in [-0.1, -0.05) is 38.8 Å². The highest BCUT2D eigenvalue weighted by Gasteiger charge is 2.59. The maximum atomic E-state index is 12.5. The Morgan fingerprint density at radius 2 is 1.82 bits per heavy atom. The average molecular weight is 462 g/mol. The van der Waals surface area contributed by atoms with Crippen molar-refractivity contribution in [2.24, 2.45) is 40.4 Å². The second-order valence-corrected chi connectivity index (χ2v) is 13.0. The van der Waals surface area contributed by atoms with E-state index in [1.165, 1.54) is 70.6 Å². The topological polar surface area (TPSA) is 43.1 Å². The molecule has 3 heteroatoms. The summed E-state index contributed by atoms with van der Waals surface area (Å²) in [6.07, 6.45) is 17.8. The Morgan fingerprint density at radius 1 is 0.971 bits per heavy atom. The van der Waals surface area contributed by atoms with E-state index in [1.807, 2.05) is 25.1 Å². The molecule has 0 bridgehead atoms. The fourth-order valence-corrected chi connectivity index (χ4v) is 9.81. The molecule has 184 valence electrons. The third kappa shape index (κ3) is 3.51. The van der Waals surface area contributed by atoms with Crippen LogP contribution in [0.5, 0.6) is 0 Å². The van der Waals surface area contributed by atoms with E-state index in [0.29, 0.717) is 22.1 Å². The number of rotatable bonds is 4. The standard InChI is InChI=1S/C31H43NO2/c1-20-8-6-11-26-28(20)29(33)34-27(32-26)12-7-10-22-14-16-24-23-15-13-21-9-4-5-18-30(21,2)25(23)17-19-31(22,24)3/h6,8,11,21-25H,4-5,7,9-10,12-19H2,1-3H3. The molecule has 3 nitrogen and oxygen atoms in total. The summed E-state index contributed by atoms with van der Waals surface area (Å²) < 4.78 is 5.63. The van der Waals surface area contributed by atoms with E-state index >= 15 is 0 Å². The number of fused-ring (bicyclic) bond motifs is 6. The number of nitrogens with zero attached hydrogens (tertiary/aromatic N) is 1. The Bertz CT molecular complexity index is 1120. The summed E-state index contributed by atoms with van der Waals surface area (Å²) in [5.74, 6) is 5.36. The zero-order valence-corrected chi connectivity index (χ0v) is 21.6. The minimum absolute atomic E-state index is 0.226. The van der Waals surface area contributed by atoms with Crippen LogP contribution in [0.1, 0.15) is 102 Å². The predicted octanol–water partition coefficient (Wildman–Crippen LogP) is 7.87. The summed E-state index contributed by atoms with van der Waals surface area (Å²) in [6.45, 7) is 7.29. The van der Waals surface area contributed by atoms with Crippen molar-refractivity contribution in [2.75, 3.05) is 0 Å². The second kappa shape index (κ2) is 8.49. The lowest BCUT2D eigenvalue weighted by Crippen LogP contribution is -2.52. The summed E-state index contributed by atoms with van der Waals surface area (Å²) in [7, 11) is 0. The molecule has 1 aromatic heterocycles. The minimum Gasteiger partial charge on any atom is -0.408 e. The molecule has 0 aliphatic heterocycles. The van der Waals surface area contributed by atoms with Gasteiger partial charge in [-0.05, 0) is 123 Å². The van der Waals surface area contributed by atoms with Crippen LogP contribution >= 0.6 is 0 Å². The van der Waals surface area contributed by atoms with Crippen molar-refractivity contribution in [1.82, 2.24) is 4.98 Å². The molecule has 6 rings (SSSR count). The Morgan fingerprint density at radius 3 is 2.71 bits per heavy atom. The van der Waals surface area contributed by atoms with Gasteiger partial charge in [0.05, 0.1) is 10.9 Å². The molecule has 7 unspecified atom stereocenters. The molecule has 0 N–H and O–H groups in total. The number of benzene rings is 1. The van der Waals surface area contributed by atoms with Crippen LogP contribution in [0.25, 0.3) is 10.9 Å². The third-order valence-electron chi connectivity index (χ3n) is 11.6. The molecule has 1 aromatic carbocycles. The summed E-state index contributed by atoms with van der Waals surface area (Å²) in [6, 6.07) is 5.87. The third-order valence-corrected chi connectivity index (χ3v) is 11.6. The second-order valence-electron chi connectivity index (χ2n) is 13.0. The molecular weight excluding hydrogens is 418 g/mol. The van der Waals surface area contributed by atoms with Crippen molar-refractivity contribution in [3.05, 3.63) is 40.1 Å². The molecule has 4 aliphatic carbocycles. The van der Waals surface area contributed by atoms with Crippen molar-refractivity contribution in [1.29, 1.82) is 0 Å². The Kier molecular flexibility index (Phi) is 5.69. The van der Waals surface area contributed by atoms with Crippen molar-refractivity contribution < 1.29 is 4.42 Å². The summed E-state index contributed by atoms with van der Waals surface area (Å²) >= 11 is 0. The molecule has 4 saturated carbocycles. The summed E-state index contributed by atoms with van der Waals surface area (Å²) in [5, 5.41) is 0.635. The molecule has 1 heterocycles. The lowest BCUT2D eigenvalue weighted by molar-refractivity contribution is -0.111. The highest BCUT2D eigenvalue weighted by molar-refractivity contribution is 5.80. The van der Waals surface area contributed by atoms with E-state index < -0.39 is 0 Å². The summed E-state index contributed by atoms with van der Waals surface area (Å²) in [4.78, 5) is 17.2. The lowest BCUT2D eigenvalue weighted by atomic mass is 9.45. The van der Waals surface area contributed by atoms with Gasteiger partial charge < -0.3 is 4.42 Å². The van der Waals surface area contributed by atoms with Crippen LogP contribution < -0.4 is 5.63 Å². The van der Waals surface area contributed by atoms with E-state index in [4.69, 9.17) is 9.40 Å². The highest BCUT2D eigenvalue weighted by Crippen LogP contribution is 2.67. The number of aryl methyl sites for hydroxylation is 2. The van der Waals surface area contributed by atoms with E-state index in [-0.39, 0.29) is 5.63 Å². The van der Waals surface area contributed by atoms with Gasteiger partial charge in [-0.15, -0.1) is 0 Å². The van der Waals surface area contributed by atoms with Gasteiger partial charge in [-0.25, -0.2) is 9.78 Å². The molecular formula is C31H43NO2. The number of hydrogen-bond acceptors (Lipinski definition) is 3. The zero-order chi connectivity index (χ0) is 23.5. The van der Waals surface area contributed by atoms with Crippen LogP contribution in [0.15, 0.2) is 27.4 Å². The van der Waals surface area contributed by atoms with Gasteiger partial charge in [0.1, 0.15) is 0 Å². The van der Waals surface area contributed by atoms with E-state index in [2.05, 4.69) is 13.8 Å². The molecule has 2 aromatic rings. The summed E-state index contributed by atoms with van der Waals surface area (Å²) in [5.41, 5.74) is 2.66. The molecule has 34 heavy (non-hydrogen) atoms. The molecule has 0 radical (unpaired) electrons. The van der Waals surface area contributed by atoms with Crippen LogP contribution in [0, 0.1) is 47.3 Å². The molecule has 0 amide bonds. The van der Waals surface area contributed by atoms with Crippen molar-refractivity contribution in [3.63, 3.8) is 0 Å². The first-order valence-electron chi connectivity index (χ1n) is 14.3. The quantitative estimate of drug-likeness (QED) is 0.465.